The van der Waals surface area contributed by atoms with Gasteiger partial charge in [0.2, 0.25) is 0 Å². The normalized spacial score (nSPS) is 17.7. The smallest absolute Gasteiger partial charge is 0.0946 e. The van der Waals surface area contributed by atoms with E-state index in [4.69, 9.17) is 5.73 Å². The van der Waals surface area contributed by atoms with E-state index in [2.05, 4.69) is 35.3 Å². The number of nitrogens with two attached hydrogens (primary N) is 1. The van der Waals surface area contributed by atoms with Crippen molar-refractivity contribution in [3.8, 4) is 0 Å². The molecule has 0 amide bonds. The predicted octanol–water partition coefficient (Wildman–Crippen LogP) is 1.93. The highest BCUT2D eigenvalue weighted by Gasteiger charge is 2.34. The van der Waals surface area contributed by atoms with Gasteiger partial charge in [0, 0.05) is 25.8 Å². The van der Waals surface area contributed by atoms with Crippen LogP contribution in [0.2, 0.25) is 0 Å². The van der Waals surface area contributed by atoms with Crippen LogP contribution in [-0.4, -0.2) is 33.6 Å². The van der Waals surface area contributed by atoms with E-state index >= 15 is 0 Å². The van der Waals surface area contributed by atoms with Crippen LogP contribution >= 0.6 is 0 Å². The van der Waals surface area contributed by atoms with Crippen molar-refractivity contribution in [2.24, 2.45) is 18.7 Å². The Balaban J connectivity index is 2.09. The summed E-state index contributed by atoms with van der Waals surface area (Å²) >= 11 is 0. The topological polar surface area (TPSA) is 47.1 Å². The average Bonchev–Trinajstić information content (AvgIpc) is 3.08. The van der Waals surface area contributed by atoms with Gasteiger partial charge in [-0.1, -0.05) is 13.8 Å². The number of nitrogens with zero attached hydrogens (tertiary/aromatic N) is 3. The minimum atomic E-state index is 0.323. The van der Waals surface area contributed by atoms with Crippen LogP contribution < -0.4 is 5.73 Å². The standard InChI is InChI=1S/C14H26N4/c1-11(2)6-7-18(12-4-5-12)13(8-15)14-9-16-10-17(14)3/h9-13H,4-8,15H2,1-3H3. The molecule has 0 bridgehead atoms. The second-order valence-electron chi connectivity index (χ2n) is 5.83. The van der Waals surface area contributed by atoms with Crippen LogP contribution in [0.4, 0.5) is 0 Å². The fourth-order valence-corrected chi connectivity index (χ4v) is 2.52. The lowest BCUT2D eigenvalue weighted by Gasteiger charge is -2.31. The Kier molecular flexibility index (Phi) is 4.40. The lowest BCUT2D eigenvalue weighted by Crippen LogP contribution is -2.37. The Bertz CT molecular complexity index is 368. The lowest BCUT2D eigenvalue weighted by molar-refractivity contribution is 0.175. The fraction of sp³-hybridized carbons (Fsp3) is 0.786. The van der Waals surface area contributed by atoms with Crippen molar-refractivity contribution in [1.82, 2.24) is 14.5 Å². The first kappa shape index (κ1) is 13.6. The van der Waals surface area contributed by atoms with Crippen molar-refractivity contribution in [2.45, 2.75) is 45.2 Å². The van der Waals surface area contributed by atoms with E-state index in [1.807, 2.05) is 12.5 Å². The second-order valence-corrected chi connectivity index (χ2v) is 5.83. The molecule has 0 spiro atoms. The van der Waals surface area contributed by atoms with E-state index in [1.165, 1.54) is 25.0 Å². The van der Waals surface area contributed by atoms with E-state index in [0.29, 0.717) is 12.6 Å². The minimum absolute atomic E-state index is 0.323. The molecule has 0 aliphatic heterocycles. The summed E-state index contributed by atoms with van der Waals surface area (Å²) in [5.74, 6) is 0.746. The summed E-state index contributed by atoms with van der Waals surface area (Å²) in [6.07, 6.45) is 7.72. The van der Waals surface area contributed by atoms with Gasteiger partial charge in [0.25, 0.3) is 0 Å². The monoisotopic (exact) mass is 250 g/mol. The van der Waals surface area contributed by atoms with E-state index in [-0.39, 0.29) is 0 Å². The number of aromatic nitrogens is 2. The van der Waals surface area contributed by atoms with Gasteiger partial charge >= 0.3 is 0 Å². The zero-order valence-electron chi connectivity index (χ0n) is 11.8. The molecule has 1 saturated carbocycles. The Labute approximate surface area is 110 Å². The summed E-state index contributed by atoms with van der Waals surface area (Å²) in [7, 11) is 2.05. The highest BCUT2D eigenvalue weighted by molar-refractivity contribution is 5.08. The molecule has 0 aromatic carbocycles. The third-order valence-corrected chi connectivity index (χ3v) is 3.80. The molecule has 1 heterocycles. The zero-order valence-corrected chi connectivity index (χ0v) is 11.8. The van der Waals surface area contributed by atoms with Gasteiger partial charge in [0.1, 0.15) is 0 Å². The molecular weight excluding hydrogens is 224 g/mol. The molecular formula is C14H26N4. The molecule has 4 nitrogen and oxygen atoms in total. The molecule has 1 aromatic heterocycles. The molecule has 102 valence electrons. The van der Waals surface area contributed by atoms with Gasteiger partial charge in [-0.25, -0.2) is 4.98 Å². The number of hydrogen-bond acceptors (Lipinski definition) is 3. The quantitative estimate of drug-likeness (QED) is 0.804. The summed E-state index contributed by atoms with van der Waals surface area (Å²) in [6, 6.07) is 1.07. The van der Waals surface area contributed by atoms with Crippen molar-refractivity contribution in [3.05, 3.63) is 18.2 Å². The van der Waals surface area contributed by atoms with Crippen LogP contribution in [0.3, 0.4) is 0 Å². The van der Waals surface area contributed by atoms with Crippen LogP contribution in [0, 0.1) is 5.92 Å². The predicted molar refractivity (Wildman–Crippen MR) is 74.2 cm³/mol. The van der Waals surface area contributed by atoms with Crippen molar-refractivity contribution < 1.29 is 0 Å². The first-order chi connectivity index (χ1) is 8.63. The van der Waals surface area contributed by atoms with Crippen LogP contribution in [0.15, 0.2) is 12.5 Å². The first-order valence-corrected chi connectivity index (χ1v) is 7.05. The summed E-state index contributed by atoms with van der Waals surface area (Å²) in [4.78, 5) is 6.82. The van der Waals surface area contributed by atoms with Crippen LogP contribution in [-0.2, 0) is 7.05 Å². The molecule has 4 heteroatoms. The highest BCUT2D eigenvalue weighted by Crippen LogP contribution is 2.34. The maximum Gasteiger partial charge on any atom is 0.0946 e. The summed E-state index contributed by atoms with van der Waals surface area (Å²) < 4.78 is 2.10. The van der Waals surface area contributed by atoms with E-state index in [9.17, 15) is 0 Å². The Morgan fingerprint density at radius 3 is 2.67 bits per heavy atom. The second kappa shape index (κ2) is 5.85. The SMILES string of the molecule is CC(C)CCN(C1CC1)C(CN)c1cncn1C. The molecule has 0 radical (unpaired) electrons. The van der Waals surface area contributed by atoms with Gasteiger partial charge in [-0.15, -0.1) is 0 Å². The van der Waals surface area contributed by atoms with Gasteiger partial charge in [-0.2, -0.15) is 0 Å². The minimum Gasteiger partial charge on any atom is -0.336 e. The molecule has 18 heavy (non-hydrogen) atoms. The third kappa shape index (κ3) is 3.12. The van der Waals surface area contributed by atoms with E-state index < -0.39 is 0 Å². The highest BCUT2D eigenvalue weighted by atomic mass is 15.2. The van der Waals surface area contributed by atoms with Crippen molar-refractivity contribution in [2.75, 3.05) is 13.1 Å². The summed E-state index contributed by atoms with van der Waals surface area (Å²) in [5.41, 5.74) is 7.27. The Morgan fingerprint density at radius 1 is 1.50 bits per heavy atom. The molecule has 1 fully saturated rings. The van der Waals surface area contributed by atoms with Crippen LogP contribution in [0.5, 0.6) is 0 Å². The van der Waals surface area contributed by atoms with Gasteiger partial charge < -0.3 is 10.3 Å². The number of imidazole rings is 1. The molecule has 0 saturated heterocycles. The van der Waals surface area contributed by atoms with Crippen LogP contribution in [0.25, 0.3) is 0 Å². The molecule has 1 aliphatic carbocycles. The van der Waals surface area contributed by atoms with Gasteiger partial charge in [0.15, 0.2) is 0 Å². The lowest BCUT2D eigenvalue weighted by atomic mass is 10.1. The third-order valence-electron chi connectivity index (χ3n) is 3.80. The summed E-state index contributed by atoms with van der Waals surface area (Å²) in [5, 5.41) is 0. The van der Waals surface area contributed by atoms with Crippen molar-refractivity contribution in [1.29, 1.82) is 0 Å². The molecule has 1 unspecified atom stereocenters. The largest absolute Gasteiger partial charge is 0.336 e. The number of hydrogen-bond donors (Lipinski definition) is 1. The molecule has 1 atom stereocenters. The molecule has 1 aliphatic rings. The summed E-state index contributed by atoms with van der Waals surface area (Å²) in [6.45, 7) is 6.39. The maximum absolute atomic E-state index is 6.02. The van der Waals surface area contributed by atoms with E-state index in [1.54, 1.807) is 0 Å². The van der Waals surface area contributed by atoms with Crippen LogP contribution in [0.1, 0.15) is 44.8 Å². The fourth-order valence-electron chi connectivity index (χ4n) is 2.52. The van der Waals surface area contributed by atoms with E-state index in [0.717, 1.165) is 18.5 Å². The zero-order chi connectivity index (χ0) is 13.1. The molecule has 1 aromatic rings. The van der Waals surface area contributed by atoms with Gasteiger partial charge in [0.05, 0.1) is 18.1 Å². The Hall–Kier alpha value is -0.870. The number of rotatable bonds is 7. The average molecular weight is 250 g/mol. The Morgan fingerprint density at radius 2 is 2.22 bits per heavy atom. The van der Waals surface area contributed by atoms with Crippen molar-refractivity contribution in [3.63, 3.8) is 0 Å². The molecule has 2 N–H and O–H groups in total. The van der Waals surface area contributed by atoms with Gasteiger partial charge in [-0.3, -0.25) is 4.90 Å². The maximum atomic E-state index is 6.02. The first-order valence-electron chi connectivity index (χ1n) is 7.05. The number of aryl methyl sites for hydroxylation is 1. The van der Waals surface area contributed by atoms with Crippen molar-refractivity contribution >= 4 is 0 Å². The van der Waals surface area contributed by atoms with Gasteiger partial charge in [-0.05, 0) is 31.7 Å². The molecule has 2 rings (SSSR count).